The average molecular weight is 190 g/mol. The quantitative estimate of drug-likeness (QED) is 0.427. The van der Waals surface area contributed by atoms with Crippen LogP contribution in [0.3, 0.4) is 0 Å². The van der Waals surface area contributed by atoms with Crippen LogP contribution in [0, 0.1) is 0 Å². The van der Waals surface area contributed by atoms with E-state index in [1.165, 1.54) is 6.20 Å². The van der Waals surface area contributed by atoms with Crippen LogP contribution in [0.4, 0.5) is 0 Å². The molecule has 0 radical (unpaired) electrons. The second-order valence-corrected chi connectivity index (χ2v) is 2.62. The number of fused-ring (bicyclic) bond motifs is 1. The van der Waals surface area contributed by atoms with Crippen molar-refractivity contribution in [3.8, 4) is 0 Å². The molecular formula is C7H7KN2O2. The summed E-state index contributed by atoms with van der Waals surface area (Å²) in [5.74, 6) is -1.12. The van der Waals surface area contributed by atoms with Gasteiger partial charge in [0.05, 0.1) is 12.2 Å². The Kier molecular flexibility index (Phi) is 3.48. The number of aromatic nitrogens is 2. The molecule has 0 bridgehead atoms. The number of rotatable bonds is 1. The molecule has 0 fully saturated rings. The Bertz CT molecular complexity index is 308. The molecule has 1 aromatic rings. The summed E-state index contributed by atoms with van der Waals surface area (Å²) in [6.45, 7) is 0.836. The van der Waals surface area contributed by atoms with Gasteiger partial charge in [-0.2, -0.15) is 5.10 Å². The standard InChI is InChI=1S/C7H8N2O2.K/c10-7(11)5-4-8-9-3-1-2-6(5)9;/h4H,1-3H2,(H,10,11);/q;+1/p-1. The smallest absolute Gasteiger partial charge is 0.545 e. The van der Waals surface area contributed by atoms with Crippen LogP contribution in [0.25, 0.3) is 0 Å². The fourth-order valence-corrected chi connectivity index (χ4v) is 1.43. The number of aromatic carboxylic acids is 1. The van der Waals surface area contributed by atoms with Crippen molar-refractivity contribution in [1.29, 1.82) is 0 Å². The summed E-state index contributed by atoms with van der Waals surface area (Å²) in [6, 6.07) is 0. The molecule has 0 spiro atoms. The molecule has 0 saturated heterocycles. The molecule has 0 aromatic carbocycles. The number of hydrogen-bond acceptors (Lipinski definition) is 3. The first-order valence-corrected chi connectivity index (χ1v) is 3.55. The Balaban J connectivity index is 0.000000720. The van der Waals surface area contributed by atoms with E-state index in [0.717, 1.165) is 25.1 Å². The normalized spacial score (nSPS) is 13.7. The Morgan fingerprint density at radius 2 is 2.42 bits per heavy atom. The molecule has 58 valence electrons. The van der Waals surface area contributed by atoms with Gasteiger partial charge in [0.25, 0.3) is 0 Å². The van der Waals surface area contributed by atoms with Gasteiger partial charge >= 0.3 is 51.4 Å². The molecule has 2 rings (SSSR count). The van der Waals surface area contributed by atoms with Gasteiger partial charge in [0.2, 0.25) is 0 Å². The number of carboxylic acid groups (broad SMARTS) is 1. The van der Waals surface area contributed by atoms with Gasteiger partial charge in [0.1, 0.15) is 0 Å². The van der Waals surface area contributed by atoms with Crippen molar-refractivity contribution in [1.82, 2.24) is 9.78 Å². The van der Waals surface area contributed by atoms with E-state index in [9.17, 15) is 9.90 Å². The monoisotopic (exact) mass is 190 g/mol. The SMILES string of the molecule is O=C([O-])c1cnn2c1CCC2.[K+]. The van der Waals surface area contributed by atoms with Gasteiger partial charge in [-0.25, -0.2) is 0 Å². The molecule has 2 heterocycles. The predicted octanol–water partition coefficient (Wildman–Crippen LogP) is -3.80. The first-order chi connectivity index (χ1) is 5.29. The number of carboxylic acids is 1. The van der Waals surface area contributed by atoms with Crippen LogP contribution in [-0.4, -0.2) is 15.7 Å². The number of hydrogen-bond donors (Lipinski definition) is 0. The summed E-state index contributed by atoms with van der Waals surface area (Å²) in [7, 11) is 0. The van der Waals surface area contributed by atoms with Crippen LogP contribution in [0.15, 0.2) is 6.20 Å². The van der Waals surface area contributed by atoms with Crippen molar-refractivity contribution in [3.05, 3.63) is 17.5 Å². The fourth-order valence-electron chi connectivity index (χ4n) is 1.43. The third-order valence-electron chi connectivity index (χ3n) is 1.95. The molecule has 4 nitrogen and oxygen atoms in total. The molecule has 1 aromatic heterocycles. The number of carbonyl (C=O) groups is 1. The van der Waals surface area contributed by atoms with E-state index >= 15 is 0 Å². The van der Waals surface area contributed by atoms with Gasteiger partial charge in [0.15, 0.2) is 0 Å². The number of aryl methyl sites for hydroxylation is 1. The summed E-state index contributed by atoms with van der Waals surface area (Å²) < 4.78 is 1.73. The van der Waals surface area contributed by atoms with E-state index in [0.29, 0.717) is 0 Å². The first kappa shape index (κ1) is 10.4. The molecule has 0 aliphatic carbocycles. The van der Waals surface area contributed by atoms with E-state index in [1.54, 1.807) is 4.68 Å². The minimum Gasteiger partial charge on any atom is -0.545 e. The predicted molar refractivity (Wildman–Crippen MR) is 34.9 cm³/mol. The maximum Gasteiger partial charge on any atom is 1.00 e. The maximum absolute atomic E-state index is 10.5. The summed E-state index contributed by atoms with van der Waals surface area (Å²) >= 11 is 0. The molecule has 12 heavy (non-hydrogen) atoms. The Morgan fingerprint density at radius 3 is 3.08 bits per heavy atom. The van der Waals surface area contributed by atoms with Crippen LogP contribution in [0.2, 0.25) is 0 Å². The Morgan fingerprint density at radius 1 is 1.67 bits per heavy atom. The third-order valence-corrected chi connectivity index (χ3v) is 1.95. The molecule has 1 aliphatic rings. The van der Waals surface area contributed by atoms with Crippen molar-refractivity contribution in [2.45, 2.75) is 19.4 Å². The second-order valence-electron chi connectivity index (χ2n) is 2.62. The minimum atomic E-state index is -1.12. The fraction of sp³-hybridized carbons (Fsp3) is 0.429. The van der Waals surface area contributed by atoms with Crippen molar-refractivity contribution in [2.24, 2.45) is 0 Å². The largest absolute Gasteiger partial charge is 1.00 e. The zero-order valence-corrected chi connectivity index (χ0v) is 10.0. The molecular weight excluding hydrogens is 183 g/mol. The summed E-state index contributed by atoms with van der Waals surface area (Å²) in [5, 5.41) is 14.4. The van der Waals surface area contributed by atoms with Crippen LogP contribution >= 0.6 is 0 Å². The van der Waals surface area contributed by atoms with Crippen LogP contribution in [0.5, 0.6) is 0 Å². The Hall–Kier alpha value is 0.316. The van der Waals surface area contributed by atoms with Crippen LogP contribution in [0.1, 0.15) is 22.5 Å². The van der Waals surface area contributed by atoms with E-state index in [1.807, 2.05) is 0 Å². The molecule has 1 aliphatic heterocycles. The van der Waals surface area contributed by atoms with Gasteiger partial charge in [-0.05, 0) is 12.8 Å². The molecule has 0 atom stereocenters. The minimum absolute atomic E-state index is 0. The molecule has 0 saturated carbocycles. The average Bonchev–Trinajstić information content (AvgIpc) is 2.41. The first-order valence-electron chi connectivity index (χ1n) is 3.55. The zero-order valence-electron chi connectivity index (χ0n) is 6.91. The Labute approximate surface area is 112 Å². The van der Waals surface area contributed by atoms with Gasteiger partial charge in [-0.3, -0.25) is 4.68 Å². The summed E-state index contributed by atoms with van der Waals surface area (Å²) in [4.78, 5) is 10.5. The van der Waals surface area contributed by atoms with E-state index in [4.69, 9.17) is 0 Å². The second kappa shape index (κ2) is 4.02. The zero-order chi connectivity index (χ0) is 7.84. The molecule has 5 heteroatoms. The molecule has 0 amide bonds. The van der Waals surface area contributed by atoms with E-state index in [2.05, 4.69) is 5.10 Å². The van der Waals surface area contributed by atoms with Gasteiger partial charge in [-0.15, -0.1) is 0 Å². The maximum atomic E-state index is 10.5. The van der Waals surface area contributed by atoms with E-state index < -0.39 is 5.97 Å². The molecule has 0 N–H and O–H groups in total. The number of nitrogens with zero attached hydrogens (tertiary/aromatic N) is 2. The topological polar surface area (TPSA) is 57.9 Å². The van der Waals surface area contributed by atoms with Crippen molar-refractivity contribution in [3.63, 3.8) is 0 Å². The third kappa shape index (κ3) is 1.65. The van der Waals surface area contributed by atoms with Crippen LogP contribution in [-0.2, 0) is 13.0 Å². The van der Waals surface area contributed by atoms with Gasteiger partial charge < -0.3 is 9.90 Å². The van der Waals surface area contributed by atoms with Crippen molar-refractivity contribution < 1.29 is 61.3 Å². The van der Waals surface area contributed by atoms with Crippen molar-refractivity contribution in [2.75, 3.05) is 0 Å². The van der Waals surface area contributed by atoms with Gasteiger partial charge in [-0.1, -0.05) is 0 Å². The van der Waals surface area contributed by atoms with Gasteiger partial charge in [0, 0.05) is 17.8 Å². The summed E-state index contributed by atoms with van der Waals surface area (Å²) in [5.41, 5.74) is 1.06. The molecule has 0 unspecified atom stereocenters. The van der Waals surface area contributed by atoms with Crippen LogP contribution < -0.4 is 56.5 Å². The van der Waals surface area contributed by atoms with Crippen molar-refractivity contribution >= 4 is 5.97 Å². The summed E-state index contributed by atoms with van der Waals surface area (Å²) in [6.07, 6.45) is 3.16. The van der Waals surface area contributed by atoms with E-state index in [-0.39, 0.29) is 56.9 Å². The number of carbonyl (C=O) groups excluding carboxylic acids is 1.